The van der Waals surface area contributed by atoms with Crippen molar-refractivity contribution in [3.63, 3.8) is 0 Å². The van der Waals surface area contributed by atoms with Crippen LogP contribution in [0.25, 0.3) is 0 Å². The Hall–Kier alpha value is -1.08. The van der Waals surface area contributed by atoms with Crippen LogP contribution in [-0.4, -0.2) is 25.1 Å². The van der Waals surface area contributed by atoms with Crippen molar-refractivity contribution in [2.24, 2.45) is 0 Å². The second kappa shape index (κ2) is 10.6. The van der Waals surface area contributed by atoms with Crippen molar-refractivity contribution < 1.29 is 4.48 Å². The minimum Gasteiger partial charge on any atom is -0.325 e. The highest BCUT2D eigenvalue weighted by atomic mass is 15.3. The Bertz CT molecular complexity index is 367. The van der Waals surface area contributed by atoms with Crippen LogP contribution in [0.5, 0.6) is 0 Å². The van der Waals surface area contributed by atoms with Crippen LogP contribution in [0.3, 0.4) is 0 Å². The maximum absolute atomic E-state index is 3.77. The number of hydrogen-bond donors (Lipinski definition) is 0. The van der Waals surface area contributed by atoms with Gasteiger partial charge in [-0.2, -0.15) is 0 Å². The molecule has 0 radical (unpaired) electrons. The number of hydrogen-bond acceptors (Lipinski definition) is 0. The molecule has 0 amide bonds. The average Bonchev–Trinajstić information content (AvgIpc) is 2.46. The highest BCUT2D eigenvalue weighted by Gasteiger charge is 2.14. The molecule has 0 saturated carbocycles. The van der Waals surface area contributed by atoms with E-state index >= 15 is 0 Å². The maximum atomic E-state index is 3.77. The van der Waals surface area contributed by atoms with Gasteiger partial charge in [0.05, 0.1) is 20.6 Å². The van der Waals surface area contributed by atoms with Gasteiger partial charge in [-0.3, -0.25) is 0 Å². The number of rotatable bonds is 12. The lowest BCUT2D eigenvalue weighted by Gasteiger charge is -2.30. The maximum Gasteiger partial charge on any atom is 0.104 e. The molecule has 0 saturated heterocycles. The third-order valence-electron chi connectivity index (χ3n) is 4.13. The van der Waals surface area contributed by atoms with Gasteiger partial charge in [-0.05, 0) is 25.7 Å². The van der Waals surface area contributed by atoms with Gasteiger partial charge in [0.15, 0.2) is 0 Å². The van der Waals surface area contributed by atoms with Crippen LogP contribution in [0.2, 0.25) is 0 Å². The molecule has 1 heteroatoms. The lowest BCUT2D eigenvalue weighted by atomic mass is 10.1. The summed E-state index contributed by atoms with van der Waals surface area (Å²) in [5.41, 5.74) is 1.45. The number of benzene rings is 1. The Labute approximate surface area is 132 Å². The van der Waals surface area contributed by atoms with E-state index in [2.05, 4.69) is 51.0 Å². The van der Waals surface area contributed by atoms with Gasteiger partial charge in [0.2, 0.25) is 0 Å². The van der Waals surface area contributed by atoms with Crippen molar-refractivity contribution in [1.82, 2.24) is 0 Å². The van der Waals surface area contributed by atoms with E-state index in [1.165, 1.54) is 63.5 Å². The van der Waals surface area contributed by atoms with E-state index in [-0.39, 0.29) is 0 Å². The fraction of sp³-hybridized carbons (Fsp3) is 0.600. The summed E-state index contributed by atoms with van der Waals surface area (Å²) in [7, 11) is 4.70. The monoisotopic (exact) mass is 288 g/mol. The minimum absolute atomic E-state index is 1.10. The van der Waals surface area contributed by atoms with Crippen molar-refractivity contribution in [2.45, 2.75) is 57.9 Å². The van der Waals surface area contributed by atoms with E-state index < -0.39 is 0 Å². The van der Waals surface area contributed by atoms with E-state index in [4.69, 9.17) is 0 Å². The first-order chi connectivity index (χ1) is 10.1. The molecule has 0 fully saturated rings. The molecule has 0 aliphatic rings. The first kappa shape index (κ1) is 18.0. The predicted molar refractivity (Wildman–Crippen MR) is 94.3 cm³/mol. The zero-order chi connectivity index (χ0) is 15.4. The zero-order valence-corrected chi connectivity index (χ0v) is 14.2. The van der Waals surface area contributed by atoms with Crippen LogP contribution in [-0.2, 0) is 6.54 Å². The van der Waals surface area contributed by atoms with Gasteiger partial charge < -0.3 is 4.48 Å². The van der Waals surface area contributed by atoms with E-state index in [9.17, 15) is 0 Å². The molecule has 1 aromatic carbocycles. The lowest BCUT2D eigenvalue weighted by molar-refractivity contribution is -0.903. The Morgan fingerprint density at radius 1 is 0.857 bits per heavy atom. The molecule has 0 atom stereocenters. The second-order valence-electron chi connectivity index (χ2n) is 6.86. The smallest absolute Gasteiger partial charge is 0.104 e. The predicted octanol–water partition coefficient (Wildman–Crippen LogP) is 5.57. The highest BCUT2D eigenvalue weighted by Crippen LogP contribution is 2.13. The van der Waals surface area contributed by atoms with Crippen LogP contribution in [0.15, 0.2) is 43.0 Å². The van der Waals surface area contributed by atoms with Crippen molar-refractivity contribution in [3.8, 4) is 0 Å². The van der Waals surface area contributed by atoms with E-state index in [1.807, 2.05) is 6.08 Å². The molecule has 0 aliphatic carbocycles. The van der Waals surface area contributed by atoms with Crippen LogP contribution in [0, 0.1) is 0 Å². The molecular formula is C20H34N+. The standard InChI is InChI=1S/C20H34N/c1-4-5-6-7-8-9-10-11-15-18-21(2,3)19-20-16-13-12-14-17-20/h4,12-14,16-17H,1,5-11,15,18-19H2,2-3H3/q+1. The van der Waals surface area contributed by atoms with Gasteiger partial charge in [0.25, 0.3) is 0 Å². The Balaban J connectivity index is 2.04. The number of unbranched alkanes of at least 4 members (excludes halogenated alkanes) is 7. The fourth-order valence-corrected chi connectivity index (χ4v) is 2.87. The Morgan fingerprint density at radius 3 is 2.05 bits per heavy atom. The molecule has 118 valence electrons. The molecule has 1 aromatic rings. The Kier molecular flexibility index (Phi) is 9.09. The molecule has 0 bridgehead atoms. The summed E-state index contributed by atoms with van der Waals surface area (Å²) >= 11 is 0. The highest BCUT2D eigenvalue weighted by molar-refractivity contribution is 5.13. The molecular weight excluding hydrogens is 254 g/mol. The van der Waals surface area contributed by atoms with Crippen LogP contribution >= 0.6 is 0 Å². The summed E-state index contributed by atoms with van der Waals surface area (Å²) in [6.07, 6.45) is 12.9. The molecule has 21 heavy (non-hydrogen) atoms. The summed E-state index contributed by atoms with van der Waals surface area (Å²) in [5.74, 6) is 0. The van der Waals surface area contributed by atoms with Gasteiger partial charge in [-0.25, -0.2) is 0 Å². The van der Waals surface area contributed by atoms with Gasteiger partial charge >= 0.3 is 0 Å². The number of nitrogens with zero attached hydrogens (tertiary/aromatic N) is 1. The second-order valence-corrected chi connectivity index (χ2v) is 6.86. The van der Waals surface area contributed by atoms with E-state index in [1.54, 1.807) is 0 Å². The van der Waals surface area contributed by atoms with E-state index in [0.717, 1.165) is 11.0 Å². The first-order valence-electron chi connectivity index (χ1n) is 8.61. The SMILES string of the molecule is C=CCCCCCCCCC[N+](C)(C)Cc1ccccc1. The zero-order valence-electron chi connectivity index (χ0n) is 14.2. The summed E-state index contributed by atoms with van der Waals surface area (Å²) in [4.78, 5) is 0. The third-order valence-corrected chi connectivity index (χ3v) is 4.13. The molecule has 0 aromatic heterocycles. The lowest BCUT2D eigenvalue weighted by Crippen LogP contribution is -2.39. The topological polar surface area (TPSA) is 0 Å². The molecule has 1 rings (SSSR count). The minimum atomic E-state index is 1.10. The van der Waals surface area contributed by atoms with Crippen LogP contribution < -0.4 is 0 Å². The van der Waals surface area contributed by atoms with Crippen molar-refractivity contribution in [3.05, 3.63) is 48.6 Å². The van der Waals surface area contributed by atoms with Crippen molar-refractivity contribution in [2.75, 3.05) is 20.6 Å². The molecule has 0 aliphatic heterocycles. The molecule has 1 nitrogen and oxygen atoms in total. The fourth-order valence-electron chi connectivity index (χ4n) is 2.87. The largest absolute Gasteiger partial charge is 0.325 e. The van der Waals surface area contributed by atoms with Crippen molar-refractivity contribution >= 4 is 0 Å². The van der Waals surface area contributed by atoms with Crippen molar-refractivity contribution in [1.29, 1.82) is 0 Å². The number of allylic oxidation sites excluding steroid dienone is 1. The Morgan fingerprint density at radius 2 is 1.43 bits per heavy atom. The summed E-state index contributed by atoms with van der Waals surface area (Å²) in [5, 5.41) is 0. The first-order valence-corrected chi connectivity index (χ1v) is 8.61. The van der Waals surface area contributed by atoms with Gasteiger partial charge in [0.1, 0.15) is 6.54 Å². The average molecular weight is 288 g/mol. The van der Waals surface area contributed by atoms with Crippen LogP contribution in [0.1, 0.15) is 56.9 Å². The molecule has 0 unspecified atom stereocenters. The summed E-state index contributed by atoms with van der Waals surface area (Å²) in [6, 6.07) is 10.9. The molecule has 0 heterocycles. The molecule has 0 spiro atoms. The quantitative estimate of drug-likeness (QED) is 0.268. The van der Waals surface area contributed by atoms with Gasteiger partial charge in [0, 0.05) is 5.56 Å². The van der Waals surface area contributed by atoms with Crippen LogP contribution in [0.4, 0.5) is 0 Å². The van der Waals surface area contributed by atoms with Gasteiger partial charge in [-0.15, -0.1) is 6.58 Å². The number of quaternary nitrogens is 1. The third kappa shape index (κ3) is 9.47. The molecule has 0 N–H and O–H groups in total. The summed E-state index contributed by atoms with van der Waals surface area (Å²) in [6.45, 7) is 6.19. The van der Waals surface area contributed by atoms with Gasteiger partial charge in [-0.1, -0.05) is 62.1 Å². The summed E-state index contributed by atoms with van der Waals surface area (Å²) < 4.78 is 1.10. The van der Waals surface area contributed by atoms with E-state index in [0.29, 0.717) is 0 Å². The normalized spacial score (nSPS) is 11.5.